The standard InChI is InChI=1S/C33H33Cl2N3O4S/c1-3-36-33(40)31(20-25-10-6-4-7-11-25)37(22-26-12-8-5-9-13-26)32(39)23-38(27-16-19-29(34)30(35)21-27)43(41,42)28-17-14-24(2)15-18-28/h4-19,21,31H,3,20,22-23H2,1-2H3,(H,36,40)/t31-/m0/s1. The molecule has 0 fully saturated rings. The van der Waals surface area contributed by atoms with Crippen molar-refractivity contribution in [3.8, 4) is 0 Å². The first-order valence-electron chi connectivity index (χ1n) is 13.8. The van der Waals surface area contributed by atoms with E-state index in [1.54, 1.807) is 19.1 Å². The zero-order chi connectivity index (χ0) is 31.0. The number of halogens is 2. The number of nitrogens with one attached hydrogen (secondary N) is 1. The van der Waals surface area contributed by atoms with E-state index in [0.29, 0.717) is 6.54 Å². The number of sulfonamides is 1. The summed E-state index contributed by atoms with van der Waals surface area (Å²) in [6, 6.07) is 28.5. The van der Waals surface area contributed by atoms with Crippen LogP contribution in [0.3, 0.4) is 0 Å². The second kappa shape index (κ2) is 14.6. The van der Waals surface area contributed by atoms with Gasteiger partial charge in [0.05, 0.1) is 20.6 Å². The highest BCUT2D eigenvalue weighted by Crippen LogP contribution is 2.31. The van der Waals surface area contributed by atoms with Crippen molar-refractivity contribution in [3.63, 3.8) is 0 Å². The largest absolute Gasteiger partial charge is 0.355 e. The maximum Gasteiger partial charge on any atom is 0.264 e. The van der Waals surface area contributed by atoms with Crippen molar-refractivity contribution in [3.05, 3.63) is 130 Å². The number of carbonyl (C=O) groups excluding carboxylic acids is 2. The molecule has 0 saturated heterocycles. The van der Waals surface area contributed by atoms with E-state index >= 15 is 0 Å². The summed E-state index contributed by atoms with van der Waals surface area (Å²) in [5.74, 6) is -0.893. The van der Waals surface area contributed by atoms with Crippen LogP contribution in [0, 0.1) is 6.92 Å². The summed E-state index contributed by atoms with van der Waals surface area (Å²) < 4.78 is 29.1. The van der Waals surface area contributed by atoms with Crippen molar-refractivity contribution in [1.29, 1.82) is 0 Å². The minimum absolute atomic E-state index is 0.0103. The third-order valence-electron chi connectivity index (χ3n) is 6.90. The summed E-state index contributed by atoms with van der Waals surface area (Å²) in [5.41, 5.74) is 2.70. The molecule has 0 saturated carbocycles. The van der Waals surface area contributed by atoms with Crippen molar-refractivity contribution in [1.82, 2.24) is 10.2 Å². The van der Waals surface area contributed by atoms with Gasteiger partial charge in [0.2, 0.25) is 11.8 Å². The van der Waals surface area contributed by atoms with Crippen molar-refractivity contribution in [2.75, 3.05) is 17.4 Å². The minimum atomic E-state index is -4.23. The van der Waals surface area contributed by atoms with Gasteiger partial charge in [0.15, 0.2) is 0 Å². The van der Waals surface area contributed by atoms with Crippen LogP contribution in [0.2, 0.25) is 10.0 Å². The Morgan fingerprint density at radius 1 is 0.814 bits per heavy atom. The molecule has 10 heteroatoms. The highest BCUT2D eigenvalue weighted by Gasteiger charge is 2.34. The first-order valence-corrected chi connectivity index (χ1v) is 16.0. The fraction of sp³-hybridized carbons (Fsp3) is 0.212. The molecule has 2 amide bonds. The lowest BCUT2D eigenvalue weighted by Crippen LogP contribution is -2.53. The first kappa shape index (κ1) is 32.1. The van der Waals surface area contributed by atoms with E-state index in [0.717, 1.165) is 21.0 Å². The van der Waals surface area contributed by atoms with Gasteiger partial charge in [0, 0.05) is 19.5 Å². The minimum Gasteiger partial charge on any atom is -0.355 e. The molecule has 0 aromatic heterocycles. The number of nitrogens with zero attached hydrogens (tertiary/aromatic N) is 2. The Labute approximate surface area is 263 Å². The maximum atomic E-state index is 14.3. The Bertz CT molecular complexity index is 1650. The molecule has 0 aliphatic carbocycles. The molecule has 0 spiro atoms. The maximum absolute atomic E-state index is 14.3. The number of aryl methyl sites for hydroxylation is 1. The number of likely N-dealkylation sites (N-methyl/N-ethyl adjacent to an activating group) is 1. The van der Waals surface area contributed by atoms with E-state index in [9.17, 15) is 18.0 Å². The highest BCUT2D eigenvalue weighted by atomic mass is 35.5. The van der Waals surface area contributed by atoms with Gasteiger partial charge in [-0.3, -0.25) is 13.9 Å². The van der Waals surface area contributed by atoms with Crippen LogP contribution in [0.5, 0.6) is 0 Å². The molecule has 4 aromatic rings. The molecule has 0 bridgehead atoms. The average molecular weight is 639 g/mol. The number of hydrogen-bond acceptors (Lipinski definition) is 4. The van der Waals surface area contributed by atoms with Gasteiger partial charge < -0.3 is 10.2 Å². The van der Waals surface area contributed by atoms with Gasteiger partial charge in [0.1, 0.15) is 12.6 Å². The van der Waals surface area contributed by atoms with Crippen LogP contribution < -0.4 is 9.62 Å². The predicted molar refractivity (Wildman–Crippen MR) is 172 cm³/mol. The Kier molecular flexibility index (Phi) is 10.9. The van der Waals surface area contributed by atoms with E-state index < -0.39 is 28.5 Å². The molecule has 0 radical (unpaired) electrons. The molecule has 1 atom stereocenters. The number of hydrogen-bond donors (Lipinski definition) is 1. The van der Waals surface area contributed by atoms with Crippen LogP contribution in [0.25, 0.3) is 0 Å². The molecule has 0 aliphatic heterocycles. The fourth-order valence-electron chi connectivity index (χ4n) is 4.63. The van der Waals surface area contributed by atoms with E-state index in [1.165, 1.54) is 35.2 Å². The summed E-state index contributed by atoms with van der Waals surface area (Å²) in [6.07, 6.45) is 0.239. The third-order valence-corrected chi connectivity index (χ3v) is 9.42. The van der Waals surface area contributed by atoms with E-state index in [1.807, 2.05) is 67.6 Å². The van der Waals surface area contributed by atoms with Crippen LogP contribution in [0.1, 0.15) is 23.6 Å². The van der Waals surface area contributed by atoms with Crippen LogP contribution in [-0.4, -0.2) is 44.3 Å². The van der Waals surface area contributed by atoms with Crippen LogP contribution in [0.4, 0.5) is 5.69 Å². The quantitative estimate of drug-likeness (QED) is 0.198. The summed E-state index contributed by atoms with van der Waals surface area (Å²) in [7, 11) is -4.23. The highest BCUT2D eigenvalue weighted by molar-refractivity contribution is 7.92. The normalized spacial score (nSPS) is 11.9. The third kappa shape index (κ3) is 8.16. The summed E-state index contributed by atoms with van der Waals surface area (Å²) in [5, 5.41) is 3.23. The second-order valence-corrected chi connectivity index (χ2v) is 12.7. The lowest BCUT2D eigenvalue weighted by atomic mass is 10.0. The van der Waals surface area contributed by atoms with Gasteiger partial charge in [0.25, 0.3) is 10.0 Å². The smallest absolute Gasteiger partial charge is 0.264 e. The monoisotopic (exact) mass is 637 g/mol. The van der Waals surface area contributed by atoms with Gasteiger partial charge >= 0.3 is 0 Å². The van der Waals surface area contributed by atoms with Crippen molar-refractivity contribution >= 4 is 50.7 Å². The van der Waals surface area contributed by atoms with Crippen LogP contribution in [-0.2, 0) is 32.6 Å². The Balaban J connectivity index is 1.80. The van der Waals surface area contributed by atoms with E-state index in [4.69, 9.17) is 23.2 Å². The lowest BCUT2D eigenvalue weighted by molar-refractivity contribution is -0.140. The van der Waals surface area contributed by atoms with Gasteiger partial charge in [-0.2, -0.15) is 0 Å². The molecule has 4 rings (SSSR count). The second-order valence-electron chi connectivity index (χ2n) is 10.0. The van der Waals surface area contributed by atoms with Gasteiger partial charge in [-0.25, -0.2) is 8.42 Å². The molecule has 43 heavy (non-hydrogen) atoms. The van der Waals surface area contributed by atoms with Crippen LogP contribution in [0.15, 0.2) is 108 Å². The topological polar surface area (TPSA) is 86.8 Å². The zero-order valence-electron chi connectivity index (χ0n) is 23.9. The van der Waals surface area contributed by atoms with E-state index in [-0.39, 0.29) is 39.5 Å². The van der Waals surface area contributed by atoms with E-state index in [2.05, 4.69) is 5.32 Å². The fourth-order valence-corrected chi connectivity index (χ4v) is 6.33. The molecular formula is C33H33Cl2N3O4S. The lowest BCUT2D eigenvalue weighted by Gasteiger charge is -2.34. The Morgan fingerprint density at radius 3 is 2.00 bits per heavy atom. The number of anilines is 1. The Hall–Kier alpha value is -3.85. The van der Waals surface area contributed by atoms with Gasteiger partial charge in [-0.15, -0.1) is 0 Å². The zero-order valence-corrected chi connectivity index (χ0v) is 26.2. The summed E-state index contributed by atoms with van der Waals surface area (Å²) >= 11 is 12.4. The molecule has 224 valence electrons. The van der Waals surface area contributed by atoms with Crippen LogP contribution >= 0.6 is 23.2 Å². The van der Waals surface area contributed by atoms with Gasteiger partial charge in [-0.1, -0.05) is 102 Å². The molecule has 1 N–H and O–H groups in total. The SMILES string of the molecule is CCNC(=O)[C@H](Cc1ccccc1)N(Cc1ccccc1)C(=O)CN(c1ccc(Cl)c(Cl)c1)S(=O)(=O)c1ccc(C)cc1. The molecule has 4 aromatic carbocycles. The number of benzene rings is 4. The van der Waals surface area contributed by atoms with Crippen molar-refractivity contribution in [2.45, 2.75) is 37.8 Å². The molecule has 7 nitrogen and oxygen atoms in total. The summed E-state index contributed by atoms with van der Waals surface area (Å²) in [6.45, 7) is 3.54. The number of amides is 2. The van der Waals surface area contributed by atoms with Gasteiger partial charge in [-0.05, 0) is 55.3 Å². The first-order chi connectivity index (χ1) is 20.6. The summed E-state index contributed by atoms with van der Waals surface area (Å²) in [4.78, 5) is 29.3. The number of rotatable bonds is 12. The number of carbonyl (C=O) groups is 2. The Morgan fingerprint density at radius 2 is 1.42 bits per heavy atom. The molecule has 0 unspecified atom stereocenters. The molecular weight excluding hydrogens is 605 g/mol. The molecule has 0 heterocycles. The molecule has 0 aliphatic rings. The van der Waals surface area contributed by atoms with Crippen molar-refractivity contribution in [2.24, 2.45) is 0 Å². The van der Waals surface area contributed by atoms with Crippen molar-refractivity contribution < 1.29 is 18.0 Å². The predicted octanol–water partition coefficient (Wildman–Crippen LogP) is 6.27. The average Bonchev–Trinajstić information content (AvgIpc) is 3.00.